The van der Waals surface area contributed by atoms with Crippen LogP contribution in [0.2, 0.25) is 0 Å². The highest BCUT2D eigenvalue weighted by Gasteiger charge is 2.55. The van der Waals surface area contributed by atoms with Crippen molar-refractivity contribution in [3.05, 3.63) is 120 Å². The molecule has 1 unspecified atom stereocenters. The second kappa shape index (κ2) is 11.8. The molecule has 1 heterocycles. The van der Waals surface area contributed by atoms with Gasteiger partial charge in [0.1, 0.15) is 12.0 Å². The number of nitrogens with zero attached hydrogens (tertiary/aromatic N) is 1. The molecule has 1 fully saturated rings. The van der Waals surface area contributed by atoms with Gasteiger partial charge in [-0.25, -0.2) is 0 Å². The lowest BCUT2D eigenvalue weighted by atomic mass is 9.68. The molecule has 40 heavy (non-hydrogen) atoms. The number of benzene rings is 4. The molecule has 4 aromatic carbocycles. The van der Waals surface area contributed by atoms with Crippen molar-refractivity contribution in [3.8, 4) is 0 Å². The highest BCUT2D eigenvalue weighted by Crippen LogP contribution is 2.47. The van der Waals surface area contributed by atoms with Gasteiger partial charge in [-0.15, -0.1) is 0 Å². The molecule has 6 rings (SSSR count). The lowest BCUT2D eigenvalue weighted by Gasteiger charge is -2.26. The van der Waals surface area contributed by atoms with Gasteiger partial charge in [-0.3, -0.25) is 4.79 Å². The third kappa shape index (κ3) is 5.08. The third-order valence-corrected chi connectivity index (χ3v) is 9.22. The maximum Gasteiger partial charge on any atom is 0.210 e. The van der Waals surface area contributed by atoms with E-state index < -0.39 is 5.41 Å². The zero-order valence-electron chi connectivity index (χ0n) is 23.7. The molecule has 0 bridgehead atoms. The lowest BCUT2D eigenvalue weighted by Crippen LogP contribution is -2.43. The minimum Gasteiger partial charge on any atom is -0.298 e. The van der Waals surface area contributed by atoms with E-state index in [0.29, 0.717) is 6.42 Å². The van der Waals surface area contributed by atoms with Gasteiger partial charge in [-0.1, -0.05) is 117 Å². The lowest BCUT2D eigenvalue weighted by molar-refractivity contribution is -0.438. The molecule has 0 amide bonds. The number of fused-ring (bicyclic) bond motifs is 3. The van der Waals surface area contributed by atoms with Crippen molar-refractivity contribution in [2.24, 2.45) is 5.92 Å². The summed E-state index contributed by atoms with van der Waals surface area (Å²) in [7, 11) is 0. The highest BCUT2D eigenvalue weighted by molar-refractivity contribution is 6.22. The molecule has 4 aromatic rings. The van der Waals surface area contributed by atoms with E-state index in [0.717, 1.165) is 30.2 Å². The monoisotopic (exact) mass is 526 g/mol. The predicted molar refractivity (Wildman–Crippen MR) is 168 cm³/mol. The molecule has 1 atom stereocenters. The maximum atomic E-state index is 14.2. The summed E-state index contributed by atoms with van der Waals surface area (Å²) in [5, 5.41) is 2.37. The van der Waals surface area contributed by atoms with E-state index in [9.17, 15) is 4.79 Å². The summed E-state index contributed by atoms with van der Waals surface area (Å²) in [6.07, 6.45) is 14.4. The summed E-state index contributed by atoms with van der Waals surface area (Å²) in [5.74, 6) is 1.11. The normalized spacial score (nSPS) is 19.1. The zero-order valence-corrected chi connectivity index (χ0v) is 23.7. The first-order valence-electron chi connectivity index (χ1n) is 15.1. The second-order valence-corrected chi connectivity index (χ2v) is 11.7. The Morgan fingerprint density at radius 3 is 2.27 bits per heavy atom. The molecule has 0 saturated heterocycles. The second-order valence-electron chi connectivity index (χ2n) is 11.7. The minimum absolute atomic E-state index is 0.204. The molecule has 202 valence electrons. The summed E-state index contributed by atoms with van der Waals surface area (Å²) in [4.78, 5) is 14.2. The number of ketones is 1. The first-order chi connectivity index (χ1) is 19.7. The number of carbonyl (C=O) groups is 1. The number of carbonyl (C=O) groups excluding carboxylic acids is 1. The molecule has 2 heteroatoms. The van der Waals surface area contributed by atoms with E-state index in [2.05, 4.69) is 108 Å². The fraction of sp³-hybridized carbons (Fsp3) is 0.316. The van der Waals surface area contributed by atoms with Crippen molar-refractivity contribution in [1.82, 2.24) is 0 Å². The molecule has 2 aliphatic rings. The van der Waals surface area contributed by atoms with Crippen LogP contribution >= 0.6 is 0 Å². The average molecular weight is 527 g/mol. The van der Waals surface area contributed by atoms with Crippen LogP contribution < -0.4 is 0 Å². The number of hydrogen-bond acceptors (Lipinski definition) is 1. The van der Waals surface area contributed by atoms with Crippen LogP contribution in [0, 0.1) is 5.92 Å². The van der Waals surface area contributed by atoms with E-state index in [1.165, 1.54) is 66.1 Å². The largest absolute Gasteiger partial charge is 0.298 e. The van der Waals surface area contributed by atoms with Crippen LogP contribution in [0.4, 0.5) is 5.69 Å². The molecule has 2 nitrogen and oxygen atoms in total. The number of unbranched alkanes of at least 4 members (excludes halogenated alkanes) is 1. The van der Waals surface area contributed by atoms with E-state index in [4.69, 9.17) is 0 Å². The van der Waals surface area contributed by atoms with Gasteiger partial charge in [0, 0.05) is 18.6 Å². The number of Topliss-reactive ketones (excluding diaryl/α,β-unsaturated/α-hetero) is 1. The standard InChI is InChI=1S/C38H40NO/c1-29(40)38(28-32-19-6-3-7-20-32)36(26-23-31-14-4-2-5-15-31)39(27-13-12-18-30-16-8-9-17-30)35-25-24-33-21-10-11-22-34(33)37(35)38/h2-7,10-11,14-15,19-26,30H,8-9,12-13,16-18,27-28H2,1H3/q+1. The van der Waals surface area contributed by atoms with E-state index in [1.807, 2.05) is 6.07 Å². The number of allylic oxidation sites excluding steroid dienone is 1. The smallest absolute Gasteiger partial charge is 0.210 e. The molecule has 1 aliphatic heterocycles. The van der Waals surface area contributed by atoms with Crippen molar-refractivity contribution in [2.75, 3.05) is 6.54 Å². The minimum atomic E-state index is -0.756. The van der Waals surface area contributed by atoms with Gasteiger partial charge in [0.2, 0.25) is 11.4 Å². The molecular weight excluding hydrogens is 486 g/mol. The summed E-state index contributed by atoms with van der Waals surface area (Å²) in [6.45, 7) is 2.73. The van der Waals surface area contributed by atoms with E-state index in [-0.39, 0.29) is 5.78 Å². The summed E-state index contributed by atoms with van der Waals surface area (Å²) in [6, 6.07) is 34.1. The van der Waals surface area contributed by atoms with Gasteiger partial charge < -0.3 is 0 Å². The van der Waals surface area contributed by atoms with Crippen LogP contribution in [-0.4, -0.2) is 22.6 Å². The van der Waals surface area contributed by atoms with Crippen molar-refractivity contribution >= 4 is 34.0 Å². The first kappa shape index (κ1) is 26.4. The van der Waals surface area contributed by atoms with Crippen LogP contribution in [-0.2, 0) is 16.6 Å². The Labute approximate surface area is 239 Å². The van der Waals surface area contributed by atoms with Crippen LogP contribution in [0.1, 0.15) is 68.6 Å². The Morgan fingerprint density at radius 2 is 1.52 bits per heavy atom. The van der Waals surface area contributed by atoms with Crippen molar-refractivity contribution < 1.29 is 9.37 Å². The molecule has 0 radical (unpaired) electrons. The number of hydrogen-bond donors (Lipinski definition) is 0. The Kier molecular flexibility index (Phi) is 7.77. The van der Waals surface area contributed by atoms with Gasteiger partial charge in [-0.2, -0.15) is 4.58 Å². The van der Waals surface area contributed by atoms with Crippen molar-refractivity contribution in [3.63, 3.8) is 0 Å². The highest BCUT2D eigenvalue weighted by atomic mass is 16.1. The molecule has 1 saturated carbocycles. The van der Waals surface area contributed by atoms with Crippen LogP contribution in [0.3, 0.4) is 0 Å². The van der Waals surface area contributed by atoms with Gasteiger partial charge >= 0.3 is 0 Å². The molecule has 1 aliphatic carbocycles. The third-order valence-electron chi connectivity index (χ3n) is 9.22. The van der Waals surface area contributed by atoms with Gasteiger partial charge in [0.25, 0.3) is 0 Å². The number of rotatable bonds is 10. The van der Waals surface area contributed by atoms with Crippen molar-refractivity contribution in [2.45, 2.75) is 63.7 Å². The molecule has 0 N–H and O–H groups in total. The summed E-state index contributed by atoms with van der Waals surface area (Å²) >= 11 is 0. The fourth-order valence-corrected chi connectivity index (χ4v) is 7.20. The zero-order chi connectivity index (χ0) is 27.4. The SMILES string of the molecule is CC(=O)C1(Cc2ccccc2)C(C=Cc2ccccc2)=[N+](CCCCC2CCCC2)c2ccc3ccccc3c21. The Hall–Kier alpha value is -3.78. The predicted octanol–water partition coefficient (Wildman–Crippen LogP) is 9.08. The topological polar surface area (TPSA) is 20.1 Å². The fourth-order valence-electron chi connectivity index (χ4n) is 7.20. The van der Waals surface area contributed by atoms with E-state index >= 15 is 0 Å². The van der Waals surface area contributed by atoms with Gasteiger partial charge in [-0.05, 0) is 59.7 Å². The molecule has 0 spiro atoms. The Balaban J connectivity index is 1.51. The summed E-state index contributed by atoms with van der Waals surface area (Å²) in [5.41, 5.74) is 5.05. The molecular formula is C38H40NO+. The van der Waals surface area contributed by atoms with Crippen LogP contribution in [0.15, 0.2) is 103 Å². The molecule has 0 aromatic heterocycles. The average Bonchev–Trinajstić information content (AvgIpc) is 3.60. The van der Waals surface area contributed by atoms with Gasteiger partial charge in [0.15, 0.2) is 5.78 Å². The quantitative estimate of drug-likeness (QED) is 0.149. The maximum absolute atomic E-state index is 14.2. The van der Waals surface area contributed by atoms with Crippen LogP contribution in [0.5, 0.6) is 0 Å². The van der Waals surface area contributed by atoms with Crippen LogP contribution in [0.25, 0.3) is 16.8 Å². The van der Waals surface area contributed by atoms with Crippen molar-refractivity contribution in [1.29, 1.82) is 0 Å². The van der Waals surface area contributed by atoms with E-state index in [1.54, 1.807) is 6.92 Å². The Bertz CT molecular complexity index is 1540. The Morgan fingerprint density at radius 1 is 0.825 bits per heavy atom. The first-order valence-corrected chi connectivity index (χ1v) is 15.1. The summed E-state index contributed by atoms with van der Waals surface area (Å²) < 4.78 is 2.49. The van der Waals surface area contributed by atoms with Gasteiger partial charge in [0.05, 0.1) is 5.56 Å².